The number of aromatic nitrogens is 3. The van der Waals surface area contributed by atoms with E-state index in [1.807, 2.05) is 36.4 Å². The topological polar surface area (TPSA) is 75.6 Å². The first kappa shape index (κ1) is 32.1. The normalized spacial score (nSPS) is 21.3. The Kier molecular flexibility index (Phi) is 7.35. The molecule has 4 saturated carbocycles. The van der Waals surface area contributed by atoms with Gasteiger partial charge in [0, 0.05) is 27.5 Å². The van der Waals surface area contributed by atoms with E-state index in [1.54, 1.807) is 0 Å². The van der Waals surface area contributed by atoms with E-state index in [-0.39, 0.29) is 0 Å². The second-order valence-corrected chi connectivity index (χ2v) is 16.2. The van der Waals surface area contributed by atoms with Crippen LogP contribution in [0.25, 0.3) is 78.4 Å². The van der Waals surface area contributed by atoms with E-state index in [2.05, 4.69) is 109 Å². The molecule has 12 rings (SSSR count). The fourth-order valence-corrected chi connectivity index (χ4v) is 10.7. The number of hydrogen-bond donors (Lipinski definition) is 0. The maximum Gasteiger partial charge on any atom is 0.164 e. The highest BCUT2D eigenvalue weighted by molar-refractivity contribution is 6.12. The number of nitrogens with zero attached hydrogens (tertiary/aromatic N) is 4. The Hall–Kier alpha value is -6.38. The van der Waals surface area contributed by atoms with E-state index < -0.39 is 0 Å². The van der Waals surface area contributed by atoms with Crippen LogP contribution in [-0.2, 0) is 5.41 Å². The van der Waals surface area contributed by atoms with E-state index >= 15 is 0 Å². The summed E-state index contributed by atoms with van der Waals surface area (Å²) in [5, 5.41) is 11.5. The van der Waals surface area contributed by atoms with Crippen LogP contribution in [0, 0.1) is 29.1 Å². The summed E-state index contributed by atoms with van der Waals surface area (Å²) in [6.45, 7) is 0. The number of benzene rings is 6. The van der Waals surface area contributed by atoms with E-state index in [4.69, 9.17) is 19.4 Å². The molecule has 0 unspecified atom stereocenters. The molecule has 55 heavy (non-hydrogen) atoms. The van der Waals surface area contributed by atoms with E-state index in [0.717, 1.165) is 73.1 Å². The zero-order chi connectivity index (χ0) is 36.5. The second-order valence-electron chi connectivity index (χ2n) is 16.2. The molecule has 2 heterocycles. The quantitative estimate of drug-likeness (QED) is 0.172. The summed E-state index contributed by atoms with van der Waals surface area (Å²) >= 11 is 0. The van der Waals surface area contributed by atoms with E-state index in [0.29, 0.717) is 34.0 Å². The molecule has 5 heteroatoms. The summed E-state index contributed by atoms with van der Waals surface area (Å²) in [5.41, 5.74) is 11.0. The molecule has 4 bridgehead atoms. The Bertz CT molecular complexity index is 2780. The van der Waals surface area contributed by atoms with Gasteiger partial charge in [-0.1, -0.05) is 109 Å². The third-order valence-electron chi connectivity index (χ3n) is 12.7. The lowest BCUT2D eigenvalue weighted by atomic mass is 9.48. The average Bonchev–Trinajstić information content (AvgIpc) is 3.62. The molecule has 5 nitrogen and oxygen atoms in total. The first-order valence-electron chi connectivity index (χ1n) is 19.6. The minimum atomic E-state index is 0.332. The average molecular weight is 711 g/mol. The predicted molar refractivity (Wildman–Crippen MR) is 219 cm³/mol. The van der Waals surface area contributed by atoms with Gasteiger partial charge >= 0.3 is 0 Å². The lowest BCUT2D eigenvalue weighted by Gasteiger charge is -2.57. The van der Waals surface area contributed by atoms with Crippen LogP contribution in [0.5, 0.6) is 0 Å². The van der Waals surface area contributed by atoms with E-state index in [9.17, 15) is 5.26 Å². The summed E-state index contributed by atoms with van der Waals surface area (Å²) in [6.07, 6.45) is 8.35. The third kappa shape index (κ3) is 5.47. The standard InChI is InChI=1S/C50H38N4O/c51-30-31-16-21-43-45(25-31)55-44-15-7-14-41(46(43)44)37-10-6-11-38(26-37)48-52-47(53-49(54-48)42-13-5-4-12-40(42)35-8-2-1-3-9-35)36-17-19-39(20-18-36)50-27-32-22-33(28-50)24-34(23-32)29-50/h1-21,25-26,32-34H,22-24,27-29H2/t32-,33+,34-,50?. The van der Waals surface area contributed by atoms with Gasteiger partial charge in [0.1, 0.15) is 11.2 Å². The van der Waals surface area contributed by atoms with Gasteiger partial charge in [-0.15, -0.1) is 0 Å². The van der Waals surface area contributed by atoms with Gasteiger partial charge in [-0.05, 0) is 120 Å². The molecule has 4 aliphatic rings. The Morgan fingerprint density at radius 1 is 0.509 bits per heavy atom. The van der Waals surface area contributed by atoms with Gasteiger partial charge in [0.25, 0.3) is 0 Å². The highest BCUT2D eigenvalue weighted by Gasteiger charge is 2.51. The molecule has 264 valence electrons. The zero-order valence-electron chi connectivity index (χ0n) is 30.5. The number of hydrogen-bond acceptors (Lipinski definition) is 5. The van der Waals surface area contributed by atoms with Crippen molar-refractivity contribution in [2.24, 2.45) is 17.8 Å². The summed E-state index contributed by atoms with van der Waals surface area (Å²) in [7, 11) is 0. The van der Waals surface area contributed by atoms with Gasteiger partial charge in [0.05, 0.1) is 11.6 Å². The van der Waals surface area contributed by atoms with Crippen LogP contribution in [0.4, 0.5) is 0 Å². The lowest BCUT2D eigenvalue weighted by molar-refractivity contribution is -0.00518. The second kappa shape index (κ2) is 12.6. The first-order valence-corrected chi connectivity index (χ1v) is 19.6. The Morgan fingerprint density at radius 3 is 1.87 bits per heavy atom. The monoisotopic (exact) mass is 710 g/mol. The van der Waals surface area contributed by atoms with Crippen molar-refractivity contribution in [1.82, 2.24) is 15.0 Å². The molecule has 8 aromatic rings. The van der Waals surface area contributed by atoms with Crippen molar-refractivity contribution in [3.05, 3.63) is 151 Å². The zero-order valence-corrected chi connectivity index (χ0v) is 30.5. The molecule has 0 radical (unpaired) electrons. The van der Waals surface area contributed by atoms with Crippen LogP contribution < -0.4 is 0 Å². The highest BCUT2D eigenvalue weighted by atomic mass is 16.3. The Labute approximate surface area is 320 Å². The molecule has 2 aromatic heterocycles. The fraction of sp³-hybridized carbons (Fsp3) is 0.200. The molecule has 6 aromatic carbocycles. The minimum absolute atomic E-state index is 0.332. The Morgan fingerprint density at radius 2 is 1.13 bits per heavy atom. The van der Waals surface area contributed by atoms with Crippen molar-refractivity contribution in [3.8, 4) is 62.5 Å². The van der Waals surface area contributed by atoms with Crippen molar-refractivity contribution in [3.63, 3.8) is 0 Å². The highest BCUT2D eigenvalue weighted by Crippen LogP contribution is 2.60. The molecule has 0 atom stereocenters. The SMILES string of the molecule is N#Cc1ccc2c(c1)oc1cccc(-c3cccc(-c4nc(-c5ccc(C67C[C@H]8C[C@@H](C6)C[C@@H](C7)C8)cc5)nc(-c5ccccc5-c5ccccc5)n4)c3)c12. The van der Waals surface area contributed by atoms with Gasteiger partial charge in [-0.3, -0.25) is 0 Å². The summed E-state index contributed by atoms with van der Waals surface area (Å²) in [4.78, 5) is 15.6. The van der Waals surface area contributed by atoms with Crippen molar-refractivity contribution in [2.75, 3.05) is 0 Å². The van der Waals surface area contributed by atoms with Crippen molar-refractivity contribution in [1.29, 1.82) is 5.26 Å². The van der Waals surface area contributed by atoms with Gasteiger partial charge in [-0.2, -0.15) is 5.26 Å². The molecule has 0 saturated heterocycles. The van der Waals surface area contributed by atoms with Crippen LogP contribution in [0.2, 0.25) is 0 Å². The van der Waals surface area contributed by atoms with Gasteiger partial charge < -0.3 is 4.42 Å². The van der Waals surface area contributed by atoms with Gasteiger partial charge in [-0.25, -0.2) is 15.0 Å². The van der Waals surface area contributed by atoms with Crippen LogP contribution in [0.15, 0.2) is 144 Å². The minimum Gasteiger partial charge on any atom is -0.456 e. The molecule has 4 fully saturated rings. The maximum atomic E-state index is 9.50. The van der Waals surface area contributed by atoms with Gasteiger partial charge in [0.2, 0.25) is 0 Å². The largest absolute Gasteiger partial charge is 0.456 e. The number of furan rings is 1. The van der Waals surface area contributed by atoms with Crippen LogP contribution >= 0.6 is 0 Å². The summed E-state index contributed by atoms with van der Waals surface area (Å²) < 4.78 is 6.24. The van der Waals surface area contributed by atoms with Crippen LogP contribution in [-0.4, -0.2) is 15.0 Å². The molecule has 0 amide bonds. The summed E-state index contributed by atoms with van der Waals surface area (Å²) in [6, 6.07) is 50.5. The van der Waals surface area contributed by atoms with Crippen LogP contribution in [0.1, 0.15) is 49.7 Å². The molecule has 0 N–H and O–H groups in total. The van der Waals surface area contributed by atoms with Crippen LogP contribution in [0.3, 0.4) is 0 Å². The third-order valence-corrected chi connectivity index (χ3v) is 12.7. The maximum absolute atomic E-state index is 9.50. The van der Waals surface area contributed by atoms with E-state index in [1.165, 1.54) is 44.1 Å². The Balaban J connectivity index is 1.04. The first-order chi connectivity index (χ1) is 27.1. The molecule has 4 aliphatic carbocycles. The molecule has 0 spiro atoms. The number of rotatable bonds is 6. The predicted octanol–water partition coefficient (Wildman–Crippen LogP) is 12.4. The molecular weight excluding hydrogens is 673 g/mol. The van der Waals surface area contributed by atoms with Crippen molar-refractivity contribution >= 4 is 21.9 Å². The fourth-order valence-electron chi connectivity index (χ4n) is 10.7. The van der Waals surface area contributed by atoms with Crippen molar-refractivity contribution < 1.29 is 4.42 Å². The smallest absolute Gasteiger partial charge is 0.164 e. The summed E-state index contributed by atoms with van der Waals surface area (Å²) in [5.74, 6) is 4.63. The van der Waals surface area contributed by atoms with Crippen molar-refractivity contribution in [2.45, 2.75) is 43.9 Å². The molecule has 0 aliphatic heterocycles. The number of fused-ring (bicyclic) bond motifs is 3. The number of nitriles is 1. The lowest BCUT2D eigenvalue weighted by Crippen LogP contribution is -2.48. The van der Waals surface area contributed by atoms with Gasteiger partial charge in [0.15, 0.2) is 17.5 Å². The molecular formula is C50H38N4O.